The van der Waals surface area contributed by atoms with E-state index in [1.807, 2.05) is 38.1 Å². The Morgan fingerprint density at radius 3 is 2.72 bits per heavy atom. The maximum atomic E-state index is 12.1. The zero-order valence-corrected chi connectivity index (χ0v) is 11.9. The number of benzene rings is 1. The topological polar surface area (TPSA) is 46.3 Å². The lowest BCUT2D eigenvalue weighted by Gasteiger charge is -2.28. The standard InChI is InChI=1S/C14H21ClN2O/c1-4-6-13(16)14(18)17(3)10(2)11-7-5-8-12(15)9-11/h5,7-10,13H,4,6,16H2,1-3H3/t10?,13-/m0/s1. The van der Waals surface area contributed by atoms with Gasteiger partial charge in [-0.3, -0.25) is 4.79 Å². The number of nitrogens with zero attached hydrogens (tertiary/aromatic N) is 1. The molecule has 18 heavy (non-hydrogen) atoms. The molecule has 0 heterocycles. The van der Waals surface area contributed by atoms with Gasteiger partial charge >= 0.3 is 0 Å². The summed E-state index contributed by atoms with van der Waals surface area (Å²) in [4.78, 5) is 13.8. The maximum absolute atomic E-state index is 12.1. The van der Waals surface area contributed by atoms with Gasteiger partial charge in [-0.25, -0.2) is 0 Å². The van der Waals surface area contributed by atoms with E-state index in [0.29, 0.717) is 11.4 Å². The molecule has 2 N–H and O–H groups in total. The van der Waals surface area contributed by atoms with Gasteiger partial charge in [0, 0.05) is 12.1 Å². The predicted octanol–water partition coefficient (Wildman–Crippen LogP) is 2.99. The summed E-state index contributed by atoms with van der Waals surface area (Å²) in [6.45, 7) is 4.00. The van der Waals surface area contributed by atoms with Crippen LogP contribution in [0.1, 0.15) is 38.3 Å². The van der Waals surface area contributed by atoms with Crippen LogP contribution in [0.15, 0.2) is 24.3 Å². The number of hydrogen-bond acceptors (Lipinski definition) is 2. The van der Waals surface area contributed by atoms with Gasteiger partial charge in [0.25, 0.3) is 0 Å². The number of halogens is 1. The molecule has 1 aromatic rings. The second-order valence-corrected chi connectivity index (χ2v) is 5.01. The highest BCUT2D eigenvalue weighted by atomic mass is 35.5. The number of hydrogen-bond donors (Lipinski definition) is 1. The lowest BCUT2D eigenvalue weighted by Crippen LogP contribution is -2.42. The fourth-order valence-corrected chi connectivity index (χ4v) is 2.08. The van der Waals surface area contributed by atoms with Crippen molar-refractivity contribution in [3.63, 3.8) is 0 Å². The lowest BCUT2D eigenvalue weighted by atomic mass is 10.1. The molecule has 0 aliphatic rings. The smallest absolute Gasteiger partial charge is 0.239 e. The van der Waals surface area contributed by atoms with E-state index in [0.717, 1.165) is 12.0 Å². The Labute approximate surface area is 114 Å². The molecule has 4 heteroatoms. The van der Waals surface area contributed by atoms with Crippen LogP contribution in [0.25, 0.3) is 0 Å². The molecule has 0 aliphatic heterocycles. The summed E-state index contributed by atoms with van der Waals surface area (Å²) in [7, 11) is 1.78. The maximum Gasteiger partial charge on any atom is 0.239 e. The van der Waals surface area contributed by atoms with Gasteiger partial charge in [0.1, 0.15) is 0 Å². The fraction of sp³-hybridized carbons (Fsp3) is 0.500. The van der Waals surface area contributed by atoms with Crippen molar-refractivity contribution in [3.8, 4) is 0 Å². The Balaban J connectivity index is 2.77. The summed E-state index contributed by atoms with van der Waals surface area (Å²) in [6.07, 6.45) is 1.62. The first kappa shape index (κ1) is 15.0. The molecule has 1 rings (SSSR count). The van der Waals surface area contributed by atoms with Crippen molar-refractivity contribution in [2.24, 2.45) is 5.73 Å². The lowest BCUT2D eigenvalue weighted by molar-refractivity contribution is -0.133. The Hall–Kier alpha value is -1.06. The van der Waals surface area contributed by atoms with Crippen LogP contribution in [-0.2, 0) is 4.79 Å². The summed E-state index contributed by atoms with van der Waals surface area (Å²) in [6, 6.07) is 7.11. The Morgan fingerprint density at radius 2 is 2.17 bits per heavy atom. The van der Waals surface area contributed by atoms with Crippen LogP contribution in [0, 0.1) is 0 Å². The first-order valence-corrected chi connectivity index (χ1v) is 6.62. The van der Waals surface area contributed by atoms with Crippen molar-refractivity contribution in [1.82, 2.24) is 4.90 Å². The van der Waals surface area contributed by atoms with E-state index in [4.69, 9.17) is 17.3 Å². The fourth-order valence-electron chi connectivity index (χ4n) is 1.88. The van der Waals surface area contributed by atoms with Crippen molar-refractivity contribution < 1.29 is 4.79 Å². The predicted molar refractivity (Wildman–Crippen MR) is 75.5 cm³/mol. The van der Waals surface area contributed by atoms with Crippen molar-refractivity contribution in [2.45, 2.75) is 38.8 Å². The minimum atomic E-state index is -0.415. The van der Waals surface area contributed by atoms with E-state index in [2.05, 4.69) is 0 Å². The SMILES string of the molecule is CCC[C@H](N)C(=O)N(C)C(C)c1cccc(Cl)c1. The van der Waals surface area contributed by atoms with Crippen LogP contribution >= 0.6 is 11.6 Å². The molecule has 1 aromatic carbocycles. The van der Waals surface area contributed by atoms with Crippen LogP contribution in [0.3, 0.4) is 0 Å². The first-order valence-electron chi connectivity index (χ1n) is 6.25. The molecule has 3 nitrogen and oxygen atoms in total. The molecule has 0 aromatic heterocycles. The van der Waals surface area contributed by atoms with Crippen LogP contribution in [0.2, 0.25) is 5.02 Å². The molecule has 0 aliphatic carbocycles. The highest BCUT2D eigenvalue weighted by Crippen LogP contribution is 2.22. The molecule has 0 radical (unpaired) electrons. The quantitative estimate of drug-likeness (QED) is 0.892. The Morgan fingerprint density at radius 1 is 1.50 bits per heavy atom. The molecule has 0 bridgehead atoms. The normalized spacial score (nSPS) is 14.1. The second kappa shape index (κ2) is 6.76. The van der Waals surface area contributed by atoms with E-state index in [1.165, 1.54) is 0 Å². The molecule has 0 fully saturated rings. The third-order valence-electron chi connectivity index (χ3n) is 3.18. The average molecular weight is 269 g/mol. The molecule has 0 spiro atoms. The van der Waals surface area contributed by atoms with Crippen molar-refractivity contribution in [3.05, 3.63) is 34.9 Å². The van der Waals surface area contributed by atoms with E-state index >= 15 is 0 Å². The van der Waals surface area contributed by atoms with E-state index in [9.17, 15) is 4.79 Å². The molecule has 2 atom stereocenters. The summed E-state index contributed by atoms with van der Waals surface area (Å²) < 4.78 is 0. The van der Waals surface area contributed by atoms with Crippen LogP contribution in [0.4, 0.5) is 0 Å². The molecule has 1 unspecified atom stereocenters. The van der Waals surface area contributed by atoms with Crippen molar-refractivity contribution in [2.75, 3.05) is 7.05 Å². The van der Waals surface area contributed by atoms with E-state index < -0.39 is 6.04 Å². The zero-order valence-electron chi connectivity index (χ0n) is 11.2. The highest BCUT2D eigenvalue weighted by molar-refractivity contribution is 6.30. The van der Waals surface area contributed by atoms with Gasteiger partial charge in [0.15, 0.2) is 0 Å². The van der Waals surface area contributed by atoms with Gasteiger partial charge in [-0.1, -0.05) is 37.1 Å². The number of rotatable bonds is 5. The number of carbonyl (C=O) groups is 1. The van der Waals surface area contributed by atoms with Crippen LogP contribution < -0.4 is 5.73 Å². The van der Waals surface area contributed by atoms with E-state index in [-0.39, 0.29) is 11.9 Å². The molecule has 1 amide bonds. The molecular weight excluding hydrogens is 248 g/mol. The zero-order chi connectivity index (χ0) is 13.7. The van der Waals surface area contributed by atoms with Gasteiger partial charge < -0.3 is 10.6 Å². The number of nitrogens with two attached hydrogens (primary N) is 1. The largest absolute Gasteiger partial charge is 0.338 e. The van der Waals surface area contributed by atoms with Crippen LogP contribution in [-0.4, -0.2) is 23.9 Å². The third kappa shape index (κ3) is 3.72. The average Bonchev–Trinajstić information content (AvgIpc) is 2.36. The van der Waals surface area contributed by atoms with Crippen LogP contribution in [0.5, 0.6) is 0 Å². The molecule has 0 saturated carbocycles. The third-order valence-corrected chi connectivity index (χ3v) is 3.41. The minimum Gasteiger partial charge on any atom is -0.338 e. The Kier molecular flexibility index (Phi) is 5.63. The molecule has 0 saturated heterocycles. The Bertz CT molecular complexity index is 409. The van der Waals surface area contributed by atoms with Crippen molar-refractivity contribution >= 4 is 17.5 Å². The van der Waals surface area contributed by atoms with Crippen molar-refractivity contribution in [1.29, 1.82) is 0 Å². The van der Waals surface area contributed by atoms with Gasteiger partial charge in [-0.2, -0.15) is 0 Å². The van der Waals surface area contributed by atoms with Gasteiger partial charge in [-0.05, 0) is 31.0 Å². The molecular formula is C14H21ClN2O. The minimum absolute atomic E-state index is 0.0238. The highest BCUT2D eigenvalue weighted by Gasteiger charge is 2.22. The second-order valence-electron chi connectivity index (χ2n) is 4.58. The monoisotopic (exact) mass is 268 g/mol. The number of carbonyl (C=O) groups excluding carboxylic acids is 1. The van der Waals surface area contributed by atoms with Gasteiger partial charge in [0.05, 0.1) is 12.1 Å². The summed E-state index contributed by atoms with van der Waals surface area (Å²) in [5, 5.41) is 0.679. The van der Waals surface area contributed by atoms with E-state index in [1.54, 1.807) is 11.9 Å². The number of likely N-dealkylation sites (N-methyl/N-ethyl adjacent to an activating group) is 1. The summed E-state index contributed by atoms with van der Waals surface area (Å²) >= 11 is 5.96. The molecule has 100 valence electrons. The number of amides is 1. The summed E-state index contributed by atoms with van der Waals surface area (Å²) in [5.74, 6) is -0.0238. The summed E-state index contributed by atoms with van der Waals surface area (Å²) in [5.41, 5.74) is 6.87. The first-order chi connectivity index (χ1) is 8.47. The van der Waals surface area contributed by atoms with Gasteiger partial charge in [-0.15, -0.1) is 0 Å². The van der Waals surface area contributed by atoms with Gasteiger partial charge in [0.2, 0.25) is 5.91 Å².